The van der Waals surface area contributed by atoms with Crippen LogP contribution in [0.2, 0.25) is 0 Å². The van der Waals surface area contributed by atoms with Crippen LogP contribution in [0.25, 0.3) is 0 Å². The van der Waals surface area contributed by atoms with Crippen LogP contribution >= 0.6 is 15.9 Å². The van der Waals surface area contributed by atoms with Crippen molar-refractivity contribution in [2.45, 2.75) is 6.54 Å². The Morgan fingerprint density at radius 2 is 2.36 bits per heavy atom. The van der Waals surface area contributed by atoms with Crippen molar-refractivity contribution >= 4 is 15.9 Å². The first-order chi connectivity index (χ1) is 5.25. The number of allylic oxidation sites excluding steroid dienone is 1. The smallest absolute Gasteiger partial charge is 0.251 e. The molecule has 11 heavy (non-hydrogen) atoms. The quantitative estimate of drug-likeness (QED) is 0.543. The summed E-state index contributed by atoms with van der Waals surface area (Å²) in [5.41, 5.74) is -0.0146. The van der Waals surface area contributed by atoms with E-state index in [1.165, 1.54) is 6.07 Å². The standard InChI is InChI=1S/C8H8BrNO/c1-2-6-10-7(9)4-3-5-8(10)11/h2-5H,1,6H2. The van der Waals surface area contributed by atoms with Crippen LogP contribution in [-0.4, -0.2) is 4.57 Å². The van der Waals surface area contributed by atoms with Gasteiger partial charge in [-0.25, -0.2) is 0 Å². The molecule has 3 heteroatoms. The van der Waals surface area contributed by atoms with Gasteiger partial charge in [-0.1, -0.05) is 12.1 Å². The van der Waals surface area contributed by atoms with Gasteiger partial charge in [0.1, 0.15) is 0 Å². The molecular weight excluding hydrogens is 206 g/mol. The number of halogens is 1. The molecule has 0 aliphatic carbocycles. The lowest BCUT2D eigenvalue weighted by atomic mass is 10.4. The third-order valence-electron chi connectivity index (χ3n) is 1.31. The SMILES string of the molecule is C=CCn1c(Br)cccc1=O. The Morgan fingerprint density at radius 3 is 2.91 bits per heavy atom. The van der Waals surface area contributed by atoms with Gasteiger partial charge >= 0.3 is 0 Å². The number of rotatable bonds is 2. The van der Waals surface area contributed by atoms with Gasteiger partial charge in [0.15, 0.2) is 0 Å². The van der Waals surface area contributed by atoms with Gasteiger partial charge in [-0.05, 0) is 22.0 Å². The second-order valence-corrected chi connectivity index (χ2v) is 2.90. The molecule has 0 saturated heterocycles. The fourth-order valence-electron chi connectivity index (χ4n) is 0.801. The van der Waals surface area contributed by atoms with Crippen LogP contribution in [0.1, 0.15) is 0 Å². The van der Waals surface area contributed by atoms with Crippen LogP contribution in [0.4, 0.5) is 0 Å². The summed E-state index contributed by atoms with van der Waals surface area (Å²) in [5.74, 6) is 0. The lowest BCUT2D eigenvalue weighted by Crippen LogP contribution is -2.18. The van der Waals surface area contributed by atoms with Crippen LogP contribution in [0.3, 0.4) is 0 Å². The summed E-state index contributed by atoms with van der Waals surface area (Å²) in [6.45, 7) is 4.10. The molecule has 0 atom stereocenters. The minimum Gasteiger partial charge on any atom is -0.299 e. The second kappa shape index (κ2) is 3.53. The molecule has 1 heterocycles. The highest BCUT2D eigenvalue weighted by atomic mass is 79.9. The van der Waals surface area contributed by atoms with Crippen molar-refractivity contribution in [1.29, 1.82) is 0 Å². The van der Waals surface area contributed by atoms with E-state index in [4.69, 9.17) is 0 Å². The molecule has 0 bridgehead atoms. The molecular formula is C8H8BrNO. The van der Waals surface area contributed by atoms with Crippen molar-refractivity contribution in [3.05, 3.63) is 45.8 Å². The molecule has 1 aromatic heterocycles. The summed E-state index contributed by atoms with van der Waals surface area (Å²) in [7, 11) is 0. The van der Waals surface area contributed by atoms with E-state index in [2.05, 4.69) is 22.5 Å². The van der Waals surface area contributed by atoms with Gasteiger partial charge in [0, 0.05) is 12.6 Å². The zero-order valence-electron chi connectivity index (χ0n) is 5.96. The van der Waals surface area contributed by atoms with Crippen molar-refractivity contribution in [1.82, 2.24) is 4.57 Å². The van der Waals surface area contributed by atoms with Crippen LogP contribution in [0.15, 0.2) is 40.3 Å². The maximum absolute atomic E-state index is 11.1. The summed E-state index contributed by atoms with van der Waals surface area (Å²) < 4.78 is 2.37. The first-order valence-corrected chi connectivity index (χ1v) is 4.01. The first-order valence-electron chi connectivity index (χ1n) is 3.22. The Morgan fingerprint density at radius 1 is 1.64 bits per heavy atom. The fourth-order valence-corrected chi connectivity index (χ4v) is 1.27. The number of nitrogens with zero attached hydrogens (tertiary/aromatic N) is 1. The lowest BCUT2D eigenvalue weighted by molar-refractivity contribution is 0.759. The zero-order valence-corrected chi connectivity index (χ0v) is 7.54. The maximum Gasteiger partial charge on any atom is 0.251 e. The van der Waals surface area contributed by atoms with E-state index in [1.54, 1.807) is 16.7 Å². The van der Waals surface area contributed by atoms with Crippen molar-refractivity contribution in [2.24, 2.45) is 0 Å². The highest BCUT2D eigenvalue weighted by Crippen LogP contribution is 2.04. The van der Waals surface area contributed by atoms with Gasteiger partial charge in [0.05, 0.1) is 4.60 Å². The first kappa shape index (κ1) is 8.27. The van der Waals surface area contributed by atoms with Crippen molar-refractivity contribution < 1.29 is 0 Å². The normalized spacial score (nSPS) is 9.55. The molecule has 0 radical (unpaired) electrons. The molecule has 0 unspecified atom stereocenters. The number of hydrogen-bond donors (Lipinski definition) is 0. The molecule has 0 fully saturated rings. The monoisotopic (exact) mass is 213 g/mol. The van der Waals surface area contributed by atoms with Crippen molar-refractivity contribution in [2.75, 3.05) is 0 Å². The zero-order chi connectivity index (χ0) is 8.27. The minimum absolute atomic E-state index is 0.0146. The van der Waals surface area contributed by atoms with Crippen LogP contribution in [0, 0.1) is 0 Å². The molecule has 0 aliphatic rings. The van der Waals surface area contributed by atoms with E-state index in [1.807, 2.05) is 6.07 Å². The number of aromatic nitrogens is 1. The van der Waals surface area contributed by atoms with Gasteiger partial charge in [0.25, 0.3) is 5.56 Å². The molecule has 2 nitrogen and oxygen atoms in total. The van der Waals surface area contributed by atoms with Crippen LogP contribution in [0.5, 0.6) is 0 Å². The number of hydrogen-bond acceptors (Lipinski definition) is 1. The summed E-state index contributed by atoms with van der Waals surface area (Å²) in [5, 5.41) is 0. The molecule has 0 aliphatic heterocycles. The third kappa shape index (κ3) is 1.80. The van der Waals surface area contributed by atoms with Gasteiger partial charge in [0.2, 0.25) is 0 Å². The predicted molar refractivity (Wildman–Crippen MR) is 48.6 cm³/mol. The van der Waals surface area contributed by atoms with Gasteiger partial charge < -0.3 is 0 Å². The van der Waals surface area contributed by atoms with Gasteiger partial charge in [-0.2, -0.15) is 0 Å². The topological polar surface area (TPSA) is 22.0 Å². The van der Waals surface area contributed by atoms with E-state index in [0.29, 0.717) is 6.54 Å². The highest BCUT2D eigenvalue weighted by Gasteiger charge is 1.95. The van der Waals surface area contributed by atoms with Gasteiger partial charge in [-0.3, -0.25) is 9.36 Å². The van der Waals surface area contributed by atoms with E-state index in [9.17, 15) is 4.79 Å². The lowest BCUT2D eigenvalue weighted by Gasteiger charge is -2.02. The Hall–Kier alpha value is -0.830. The highest BCUT2D eigenvalue weighted by molar-refractivity contribution is 9.10. The van der Waals surface area contributed by atoms with E-state index >= 15 is 0 Å². The second-order valence-electron chi connectivity index (χ2n) is 2.09. The largest absolute Gasteiger partial charge is 0.299 e. The van der Waals surface area contributed by atoms with E-state index in [0.717, 1.165) is 4.60 Å². The third-order valence-corrected chi connectivity index (χ3v) is 2.00. The maximum atomic E-state index is 11.1. The predicted octanol–water partition coefficient (Wildman–Crippen LogP) is 1.80. The number of pyridine rings is 1. The average molecular weight is 214 g/mol. The van der Waals surface area contributed by atoms with Crippen molar-refractivity contribution in [3.8, 4) is 0 Å². The summed E-state index contributed by atoms with van der Waals surface area (Å²) in [4.78, 5) is 11.1. The molecule has 58 valence electrons. The summed E-state index contributed by atoms with van der Waals surface area (Å²) >= 11 is 3.26. The minimum atomic E-state index is -0.0146. The molecule has 1 rings (SSSR count). The average Bonchev–Trinajstić information content (AvgIpc) is 1.97. The summed E-state index contributed by atoms with van der Waals surface area (Å²) in [6.07, 6.45) is 1.69. The Bertz CT molecular complexity index is 316. The fraction of sp³-hybridized carbons (Fsp3) is 0.125. The van der Waals surface area contributed by atoms with E-state index < -0.39 is 0 Å². The molecule has 0 aromatic carbocycles. The molecule has 0 spiro atoms. The van der Waals surface area contributed by atoms with E-state index in [-0.39, 0.29) is 5.56 Å². The Labute approximate surface area is 73.3 Å². The molecule has 0 N–H and O–H groups in total. The molecule has 0 saturated carbocycles. The molecule has 0 amide bonds. The van der Waals surface area contributed by atoms with Crippen LogP contribution < -0.4 is 5.56 Å². The molecule has 1 aromatic rings. The Balaban J connectivity index is 3.20. The summed E-state index contributed by atoms with van der Waals surface area (Å²) in [6, 6.07) is 5.06. The Kier molecular flexibility index (Phi) is 2.65. The van der Waals surface area contributed by atoms with Crippen LogP contribution in [-0.2, 0) is 6.54 Å². The van der Waals surface area contributed by atoms with Crippen molar-refractivity contribution in [3.63, 3.8) is 0 Å². The van der Waals surface area contributed by atoms with Gasteiger partial charge in [-0.15, -0.1) is 6.58 Å².